The van der Waals surface area contributed by atoms with Gasteiger partial charge in [-0.15, -0.1) is 0 Å². The summed E-state index contributed by atoms with van der Waals surface area (Å²) in [7, 11) is -2.20. The van der Waals surface area contributed by atoms with Gasteiger partial charge in [-0.1, -0.05) is 30.3 Å². The Hall–Kier alpha value is -3.12. The quantitative estimate of drug-likeness (QED) is 0.674. The van der Waals surface area contributed by atoms with Crippen LogP contribution in [0.5, 0.6) is 5.75 Å². The van der Waals surface area contributed by atoms with Crippen molar-refractivity contribution in [1.82, 2.24) is 0 Å². The van der Waals surface area contributed by atoms with Gasteiger partial charge in [0.15, 0.2) is 5.78 Å². The van der Waals surface area contributed by atoms with Gasteiger partial charge in [-0.3, -0.25) is 9.52 Å². The zero-order chi connectivity index (χ0) is 18.6. The number of hydrogen-bond acceptors (Lipinski definition) is 4. The third-order valence-electron chi connectivity index (χ3n) is 3.81. The van der Waals surface area contributed by atoms with Gasteiger partial charge in [0.1, 0.15) is 5.75 Å². The van der Waals surface area contributed by atoms with Crippen molar-refractivity contribution in [1.29, 1.82) is 0 Å². The second-order valence-electron chi connectivity index (χ2n) is 5.55. The van der Waals surface area contributed by atoms with Crippen LogP contribution in [0.15, 0.2) is 83.8 Å². The van der Waals surface area contributed by atoms with Crippen LogP contribution >= 0.6 is 0 Å². The maximum Gasteiger partial charge on any atom is 0.261 e. The Morgan fingerprint density at radius 3 is 1.96 bits per heavy atom. The number of sulfonamides is 1. The van der Waals surface area contributed by atoms with Gasteiger partial charge < -0.3 is 4.74 Å². The Morgan fingerprint density at radius 2 is 1.38 bits per heavy atom. The molecule has 5 nitrogen and oxygen atoms in total. The van der Waals surface area contributed by atoms with Gasteiger partial charge in [0.2, 0.25) is 0 Å². The highest BCUT2D eigenvalue weighted by atomic mass is 32.2. The van der Waals surface area contributed by atoms with Gasteiger partial charge in [0, 0.05) is 16.8 Å². The molecule has 132 valence electrons. The minimum absolute atomic E-state index is 0.116. The zero-order valence-corrected chi connectivity index (χ0v) is 14.9. The zero-order valence-electron chi connectivity index (χ0n) is 14.0. The SMILES string of the molecule is COc1ccc(S(=O)(=O)Nc2ccc(C(=O)c3ccccc3)cc2)cc1. The second-order valence-corrected chi connectivity index (χ2v) is 7.24. The number of benzene rings is 3. The predicted molar refractivity (Wildman–Crippen MR) is 100 cm³/mol. The molecule has 0 aliphatic carbocycles. The summed E-state index contributed by atoms with van der Waals surface area (Å²) in [5.41, 5.74) is 1.45. The van der Waals surface area contributed by atoms with Crippen molar-refractivity contribution in [2.75, 3.05) is 11.8 Å². The summed E-state index contributed by atoms with van der Waals surface area (Å²) in [5, 5.41) is 0. The molecule has 0 aliphatic heterocycles. The molecule has 0 saturated heterocycles. The molecule has 3 aromatic rings. The third-order valence-corrected chi connectivity index (χ3v) is 5.20. The summed E-state index contributed by atoms with van der Waals surface area (Å²) in [6.45, 7) is 0. The molecule has 0 radical (unpaired) electrons. The lowest BCUT2D eigenvalue weighted by Gasteiger charge is -2.09. The maximum absolute atomic E-state index is 12.4. The molecule has 6 heteroatoms. The number of rotatable bonds is 6. The first-order chi connectivity index (χ1) is 12.5. The molecular formula is C20H17NO4S. The number of ketones is 1. The van der Waals surface area contributed by atoms with Crippen LogP contribution in [-0.4, -0.2) is 21.3 Å². The number of ether oxygens (including phenoxy) is 1. The number of methoxy groups -OCH3 is 1. The predicted octanol–water partition coefficient (Wildman–Crippen LogP) is 3.73. The molecule has 0 atom stereocenters. The summed E-state index contributed by atoms with van der Waals surface area (Å²) < 4.78 is 32.4. The lowest BCUT2D eigenvalue weighted by Crippen LogP contribution is -2.13. The van der Waals surface area contributed by atoms with Crippen LogP contribution in [0.25, 0.3) is 0 Å². The van der Waals surface area contributed by atoms with Crippen LogP contribution < -0.4 is 9.46 Å². The van der Waals surface area contributed by atoms with Crippen LogP contribution in [0.4, 0.5) is 5.69 Å². The van der Waals surface area contributed by atoms with Gasteiger partial charge in [-0.05, 0) is 48.5 Å². The average molecular weight is 367 g/mol. The Balaban J connectivity index is 1.77. The van der Waals surface area contributed by atoms with Crippen LogP contribution in [0.3, 0.4) is 0 Å². The summed E-state index contributed by atoms with van der Waals surface area (Å²) >= 11 is 0. The van der Waals surface area contributed by atoms with Crippen molar-refractivity contribution in [2.24, 2.45) is 0 Å². The molecule has 0 aliphatic rings. The fraction of sp³-hybridized carbons (Fsp3) is 0.0500. The Kier molecular flexibility index (Phi) is 5.04. The van der Waals surface area contributed by atoms with E-state index in [-0.39, 0.29) is 10.7 Å². The molecule has 3 rings (SSSR count). The van der Waals surface area contributed by atoms with E-state index in [9.17, 15) is 13.2 Å². The highest BCUT2D eigenvalue weighted by Crippen LogP contribution is 2.20. The smallest absolute Gasteiger partial charge is 0.261 e. The van der Waals surface area contributed by atoms with Gasteiger partial charge in [0.05, 0.1) is 12.0 Å². The Labute approximate surface area is 152 Å². The summed E-state index contributed by atoms with van der Waals surface area (Å²) in [5.74, 6) is 0.461. The maximum atomic E-state index is 12.4. The standard InChI is InChI=1S/C20H17NO4S/c1-25-18-11-13-19(14-12-18)26(23,24)21-17-9-7-16(8-10-17)20(22)15-5-3-2-4-6-15/h2-14,21H,1H3. The minimum Gasteiger partial charge on any atom is -0.497 e. The largest absolute Gasteiger partial charge is 0.497 e. The van der Waals surface area contributed by atoms with Crippen molar-refractivity contribution in [2.45, 2.75) is 4.90 Å². The molecule has 3 aromatic carbocycles. The minimum atomic E-state index is -3.71. The number of carbonyl (C=O) groups is 1. The lowest BCUT2D eigenvalue weighted by atomic mass is 10.0. The normalized spacial score (nSPS) is 11.0. The first-order valence-electron chi connectivity index (χ1n) is 7.86. The van der Waals surface area contributed by atoms with E-state index < -0.39 is 10.0 Å². The van der Waals surface area contributed by atoms with Crippen molar-refractivity contribution >= 4 is 21.5 Å². The van der Waals surface area contributed by atoms with E-state index in [2.05, 4.69) is 4.72 Å². The van der Waals surface area contributed by atoms with E-state index in [1.807, 2.05) is 6.07 Å². The first kappa shape index (κ1) is 17.7. The monoisotopic (exact) mass is 367 g/mol. The van der Waals surface area contributed by atoms with Crippen molar-refractivity contribution in [3.63, 3.8) is 0 Å². The third kappa shape index (κ3) is 3.92. The summed E-state index contributed by atoms with van der Waals surface area (Å²) in [6.07, 6.45) is 0. The van der Waals surface area contributed by atoms with E-state index in [0.29, 0.717) is 22.6 Å². The van der Waals surface area contributed by atoms with E-state index in [0.717, 1.165) is 0 Å². The molecule has 0 amide bonds. The number of carbonyl (C=O) groups excluding carboxylic acids is 1. The van der Waals surface area contributed by atoms with Crippen LogP contribution in [0.1, 0.15) is 15.9 Å². The fourth-order valence-electron chi connectivity index (χ4n) is 2.41. The molecular weight excluding hydrogens is 350 g/mol. The van der Waals surface area contributed by atoms with E-state index >= 15 is 0 Å². The van der Waals surface area contributed by atoms with Crippen molar-refractivity contribution < 1.29 is 17.9 Å². The highest BCUT2D eigenvalue weighted by molar-refractivity contribution is 7.92. The Bertz CT molecular complexity index is 996. The molecule has 1 N–H and O–H groups in total. The number of anilines is 1. The molecule has 0 fully saturated rings. The highest BCUT2D eigenvalue weighted by Gasteiger charge is 2.15. The average Bonchev–Trinajstić information content (AvgIpc) is 2.68. The molecule has 0 bridgehead atoms. The van der Waals surface area contributed by atoms with Gasteiger partial charge in [-0.2, -0.15) is 0 Å². The second kappa shape index (κ2) is 7.41. The first-order valence-corrected chi connectivity index (χ1v) is 9.34. The van der Waals surface area contributed by atoms with Crippen LogP contribution in [-0.2, 0) is 10.0 Å². The van der Waals surface area contributed by atoms with E-state index in [4.69, 9.17) is 4.74 Å². The summed E-state index contributed by atoms with van der Waals surface area (Å²) in [6, 6.07) is 21.3. The van der Waals surface area contributed by atoms with E-state index in [1.165, 1.54) is 19.2 Å². The van der Waals surface area contributed by atoms with Gasteiger partial charge in [-0.25, -0.2) is 8.42 Å². The lowest BCUT2D eigenvalue weighted by molar-refractivity contribution is 0.103. The van der Waals surface area contributed by atoms with Gasteiger partial charge >= 0.3 is 0 Å². The molecule has 0 unspecified atom stereocenters. The van der Waals surface area contributed by atoms with Crippen LogP contribution in [0.2, 0.25) is 0 Å². The number of hydrogen-bond donors (Lipinski definition) is 1. The topological polar surface area (TPSA) is 72.5 Å². The number of nitrogens with one attached hydrogen (secondary N) is 1. The van der Waals surface area contributed by atoms with Crippen LogP contribution in [0, 0.1) is 0 Å². The van der Waals surface area contributed by atoms with Crippen molar-refractivity contribution in [3.05, 3.63) is 90.0 Å². The molecule has 26 heavy (non-hydrogen) atoms. The Morgan fingerprint density at radius 1 is 0.808 bits per heavy atom. The van der Waals surface area contributed by atoms with E-state index in [1.54, 1.807) is 60.7 Å². The summed E-state index contributed by atoms with van der Waals surface area (Å²) in [4.78, 5) is 12.5. The molecule has 0 heterocycles. The molecule has 0 spiro atoms. The van der Waals surface area contributed by atoms with Crippen molar-refractivity contribution in [3.8, 4) is 5.75 Å². The molecule has 0 aromatic heterocycles. The molecule has 0 saturated carbocycles. The van der Waals surface area contributed by atoms with Gasteiger partial charge in [0.25, 0.3) is 10.0 Å². The fourth-order valence-corrected chi connectivity index (χ4v) is 3.47.